The van der Waals surface area contributed by atoms with Crippen LogP contribution in [0.2, 0.25) is 0 Å². The zero-order valence-electron chi connectivity index (χ0n) is 7.29. The lowest BCUT2D eigenvalue weighted by Gasteiger charge is -2.45. The third kappa shape index (κ3) is 1.92. The molecule has 0 amide bonds. The summed E-state index contributed by atoms with van der Waals surface area (Å²) in [5.41, 5.74) is 0. The van der Waals surface area contributed by atoms with Gasteiger partial charge >= 0.3 is 0 Å². The normalized spacial score (nSPS) is 31.9. The molecule has 0 radical (unpaired) electrons. The fourth-order valence-electron chi connectivity index (χ4n) is 1.49. The first kappa shape index (κ1) is 8.97. The third-order valence-electron chi connectivity index (χ3n) is 2.43. The van der Waals surface area contributed by atoms with Gasteiger partial charge in [-0.05, 0) is 13.3 Å². The average molecular weight is 159 g/mol. The predicted octanol–water partition coefficient (Wildman–Crippen LogP) is 0.0879. The van der Waals surface area contributed by atoms with Gasteiger partial charge in [-0.25, -0.2) is 0 Å². The van der Waals surface area contributed by atoms with E-state index in [2.05, 4.69) is 11.8 Å². The Labute approximate surface area is 68.0 Å². The van der Waals surface area contributed by atoms with Crippen molar-refractivity contribution in [1.29, 1.82) is 0 Å². The molecule has 1 aliphatic rings. The Morgan fingerprint density at radius 1 is 1.64 bits per heavy atom. The Morgan fingerprint density at radius 2 is 2.36 bits per heavy atom. The molecule has 1 heterocycles. The molecule has 0 aromatic carbocycles. The topological polar surface area (TPSA) is 32.7 Å². The monoisotopic (exact) mass is 159 g/mol. The van der Waals surface area contributed by atoms with Gasteiger partial charge in [0.1, 0.15) is 0 Å². The van der Waals surface area contributed by atoms with Crippen molar-refractivity contribution < 1.29 is 9.84 Å². The Morgan fingerprint density at radius 3 is 2.82 bits per heavy atom. The molecule has 3 nitrogen and oxygen atoms in total. The molecule has 0 bridgehead atoms. The first-order chi connectivity index (χ1) is 5.29. The van der Waals surface area contributed by atoms with E-state index in [1.165, 1.54) is 0 Å². The molecular formula is C8H17NO2. The lowest BCUT2D eigenvalue weighted by atomic mass is 10.0. The lowest BCUT2D eigenvalue weighted by Crippen LogP contribution is -2.59. The summed E-state index contributed by atoms with van der Waals surface area (Å²) < 4.78 is 5.20. The zero-order valence-corrected chi connectivity index (χ0v) is 7.29. The van der Waals surface area contributed by atoms with E-state index in [4.69, 9.17) is 9.84 Å². The van der Waals surface area contributed by atoms with Crippen molar-refractivity contribution in [3.8, 4) is 0 Å². The van der Waals surface area contributed by atoms with E-state index in [-0.39, 0.29) is 0 Å². The molecule has 0 saturated carbocycles. The van der Waals surface area contributed by atoms with Crippen molar-refractivity contribution in [1.82, 2.24) is 4.90 Å². The number of methoxy groups -OCH3 is 1. The Balaban J connectivity index is 2.11. The minimum Gasteiger partial charge on any atom is -0.396 e. The molecule has 11 heavy (non-hydrogen) atoms. The number of hydrogen-bond donors (Lipinski definition) is 1. The molecule has 1 saturated heterocycles. The van der Waals surface area contributed by atoms with Gasteiger partial charge in [0, 0.05) is 32.8 Å². The SMILES string of the molecule is COC1CN(CCCO)[C@@H]1C. The quantitative estimate of drug-likeness (QED) is 0.631. The van der Waals surface area contributed by atoms with Gasteiger partial charge in [-0.15, -0.1) is 0 Å². The largest absolute Gasteiger partial charge is 0.396 e. The summed E-state index contributed by atoms with van der Waals surface area (Å²) in [6.45, 7) is 4.48. The summed E-state index contributed by atoms with van der Waals surface area (Å²) in [4.78, 5) is 2.32. The van der Waals surface area contributed by atoms with E-state index in [1.807, 2.05) is 0 Å². The number of ether oxygens (including phenoxy) is 1. The summed E-state index contributed by atoms with van der Waals surface area (Å²) in [6.07, 6.45) is 1.29. The Bertz CT molecular complexity index is 117. The second-order valence-electron chi connectivity index (χ2n) is 3.09. The summed E-state index contributed by atoms with van der Waals surface area (Å²) in [5.74, 6) is 0. The third-order valence-corrected chi connectivity index (χ3v) is 2.43. The van der Waals surface area contributed by atoms with Crippen LogP contribution < -0.4 is 0 Å². The number of aliphatic hydroxyl groups excluding tert-OH is 1. The molecule has 66 valence electrons. The number of rotatable bonds is 4. The maximum Gasteiger partial charge on any atom is 0.0850 e. The van der Waals surface area contributed by atoms with Gasteiger partial charge < -0.3 is 9.84 Å². The molecule has 2 atom stereocenters. The Hall–Kier alpha value is -0.120. The van der Waals surface area contributed by atoms with Gasteiger partial charge in [-0.3, -0.25) is 4.90 Å². The maximum absolute atomic E-state index is 8.59. The van der Waals surface area contributed by atoms with Crippen molar-refractivity contribution in [3.05, 3.63) is 0 Å². The maximum atomic E-state index is 8.59. The highest BCUT2D eigenvalue weighted by molar-refractivity contribution is 4.89. The van der Waals surface area contributed by atoms with Gasteiger partial charge in [-0.2, -0.15) is 0 Å². The van der Waals surface area contributed by atoms with Gasteiger partial charge in [0.25, 0.3) is 0 Å². The molecule has 1 rings (SSSR count). The first-order valence-corrected chi connectivity index (χ1v) is 4.17. The molecule has 3 heteroatoms. The number of hydrogen-bond acceptors (Lipinski definition) is 3. The smallest absolute Gasteiger partial charge is 0.0850 e. The van der Waals surface area contributed by atoms with Crippen molar-refractivity contribution in [2.75, 3.05) is 26.8 Å². The van der Waals surface area contributed by atoms with Crippen LogP contribution in [0.25, 0.3) is 0 Å². The highest BCUT2D eigenvalue weighted by Gasteiger charge is 2.34. The number of aliphatic hydroxyl groups is 1. The standard InChI is InChI=1S/C8H17NO2/c1-7-8(11-2)6-9(7)4-3-5-10/h7-8,10H,3-6H2,1-2H3/t7-,8?/m1/s1. The molecule has 0 spiro atoms. The minimum atomic E-state index is 0.293. The van der Waals surface area contributed by atoms with Gasteiger partial charge in [-0.1, -0.05) is 0 Å². The summed E-state index contributed by atoms with van der Waals surface area (Å²) in [7, 11) is 1.75. The molecule has 0 aromatic heterocycles. The van der Waals surface area contributed by atoms with Crippen LogP contribution in [-0.2, 0) is 4.74 Å². The van der Waals surface area contributed by atoms with E-state index >= 15 is 0 Å². The molecule has 1 N–H and O–H groups in total. The summed E-state index contributed by atoms with van der Waals surface area (Å²) in [6, 6.07) is 0.534. The highest BCUT2D eigenvalue weighted by Crippen LogP contribution is 2.19. The van der Waals surface area contributed by atoms with Crippen LogP contribution in [0.1, 0.15) is 13.3 Å². The van der Waals surface area contributed by atoms with Crippen molar-refractivity contribution in [2.24, 2.45) is 0 Å². The molecule has 1 fully saturated rings. The van der Waals surface area contributed by atoms with Crippen LogP contribution in [0.4, 0.5) is 0 Å². The van der Waals surface area contributed by atoms with Gasteiger partial charge in [0.05, 0.1) is 6.10 Å². The first-order valence-electron chi connectivity index (χ1n) is 4.17. The fraction of sp³-hybridized carbons (Fsp3) is 1.00. The highest BCUT2D eigenvalue weighted by atomic mass is 16.5. The van der Waals surface area contributed by atoms with Crippen LogP contribution in [0.3, 0.4) is 0 Å². The second-order valence-corrected chi connectivity index (χ2v) is 3.09. The van der Waals surface area contributed by atoms with E-state index in [9.17, 15) is 0 Å². The van der Waals surface area contributed by atoms with Crippen LogP contribution in [0.5, 0.6) is 0 Å². The van der Waals surface area contributed by atoms with Crippen LogP contribution in [0, 0.1) is 0 Å². The van der Waals surface area contributed by atoms with Crippen LogP contribution in [-0.4, -0.2) is 49.0 Å². The fourth-order valence-corrected chi connectivity index (χ4v) is 1.49. The van der Waals surface area contributed by atoms with Crippen LogP contribution >= 0.6 is 0 Å². The van der Waals surface area contributed by atoms with E-state index in [0.29, 0.717) is 18.8 Å². The van der Waals surface area contributed by atoms with E-state index < -0.39 is 0 Å². The number of nitrogens with zero attached hydrogens (tertiary/aromatic N) is 1. The van der Waals surface area contributed by atoms with Crippen molar-refractivity contribution >= 4 is 0 Å². The predicted molar refractivity (Wildman–Crippen MR) is 43.5 cm³/mol. The van der Waals surface area contributed by atoms with Gasteiger partial charge in [0.2, 0.25) is 0 Å². The van der Waals surface area contributed by atoms with Crippen molar-refractivity contribution in [3.63, 3.8) is 0 Å². The van der Waals surface area contributed by atoms with E-state index in [0.717, 1.165) is 19.5 Å². The lowest BCUT2D eigenvalue weighted by molar-refractivity contribution is -0.0778. The van der Waals surface area contributed by atoms with Gasteiger partial charge in [0.15, 0.2) is 0 Å². The Kier molecular flexibility index (Phi) is 3.30. The van der Waals surface area contributed by atoms with Crippen LogP contribution in [0.15, 0.2) is 0 Å². The molecule has 1 unspecified atom stereocenters. The second kappa shape index (κ2) is 4.04. The molecule has 0 aromatic rings. The van der Waals surface area contributed by atoms with E-state index in [1.54, 1.807) is 7.11 Å². The van der Waals surface area contributed by atoms with Crippen molar-refractivity contribution in [2.45, 2.75) is 25.5 Å². The average Bonchev–Trinajstić information content (AvgIpc) is 2.03. The summed E-state index contributed by atoms with van der Waals surface area (Å²) >= 11 is 0. The number of likely N-dealkylation sites (tertiary alicyclic amines) is 1. The minimum absolute atomic E-state index is 0.293. The molecule has 1 aliphatic heterocycles. The molecule has 0 aliphatic carbocycles. The summed E-state index contributed by atoms with van der Waals surface area (Å²) in [5, 5.41) is 8.59. The zero-order chi connectivity index (χ0) is 8.27. The molecular weight excluding hydrogens is 142 g/mol.